The van der Waals surface area contributed by atoms with Crippen molar-refractivity contribution in [2.24, 2.45) is 11.7 Å². The van der Waals surface area contributed by atoms with E-state index in [-0.39, 0.29) is 12.5 Å². The van der Waals surface area contributed by atoms with E-state index in [4.69, 9.17) is 31.9 Å². The van der Waals surface area contributed by atoms with Crippen LogP contribution in [0.1, 0.15) is 12.0 Å². The van der Waals surface area contributed by atoms with Gasteiger partial charge in [0.15, 0.2) is 0 Å². The molecule has 0 amide bonds. The Kier molecular flexibility index (Phi) is 6.25. The number of methoxy groups -OCH3 is 2. The van der Waals surface area contributed by atoms with Crippen molar-refractivity contribution in [2.45, 2.75) is 12.8 Å². The van der Waals surface area contributed by atoms with Crippen molar-refractivity contribution in [2.75, 3.05) is 27.4 Å². The minimum absolute atomic E-state index is 0.101. The minimum atomic E-state index is 0.101. The van der Waals surface area contributed by atoms with Gasteiger partial charge in [-0.05, 0) is 36.9 Å². The van der Waals surface area contributed by atoms with Gasteiger partial charge >= 0.3 is 0 Å². The van der Waals surface area contributed by atoms with Gasteiger partial charge in [-0.25, -0.2) is 0 Å². The average Bonchev–Trinajstić information content (AvgIpc) is 2.40. The van der Waals surface area contributed by atoms with Crippen LogP contribution >= 0.6 is 11.6 Å². The molecule has 102 valence electrons. The first-order valence-electron chi connectivity index (χ1n) is 5.87. The maximum atomic E-state index is 9.12. The first-order chi connectivity index (χ1) is 8.65. The quantitative estimate of drug-likeness (QED) is 0.796. The molecule has 0 saturated heterocycles. The van der Waals surface area contributed by atoms with Gasteiger partial charge in [0.1, 0.15) is 11.5 Å². The molecule has 0 aliphatic heterocycles. The number of rotatable bonds is 7. The molecule has 1 aromatic carbocycles. The molecule has 3 N–H and O–H groups in total. The number of benzene rings is 1. The van der Waals surface area contributed by atoms with Crippen LogP contribution in [0.4, 0.5) is 0 Å². The van der Waals surface area contributed by atoms with Crippen LogP contribution < -0.4 is 15.2 Å². The van der Waals surface area contributed by atoms with E-state index < -0.39 is 0 Å². The molecular formula is C13H20ClNO3. The van der Waals surface area contributed by atoms with Gasteiger partial charge in [0.2, 0.25) is 0 Å². The van der Waals surface area contributed by atoms with E-state index in [2.05, 4.69) is 0 Å². The summed E-state index contributed by atoms with van der Waals surface area (Å²) in [6, 6.07) is 3.61. The fraction of sp³-hybridized carbons (Fsp3) is 0.538. The molecule has 0 heterocycles. The monoisotopic (exact) mass is 273 g/mol. The highest BCUT2D eigenvalue weighted by Crippen LogP contribution is 2.33. The molecule has 1 atom stereocenters. The topological polar surface area (TPSA) is 64.7 Å². The highest BCUT2D eigenvalue weighted by molar-refractivity contribution is 6.32. The van der Waals surface area contributed by atoms with E-state index >= 15 is 0 Å². The Morgan fingerprint density at radius 2 is 1.94 bits per heavy atom. The number of hydrogen-bond donors (Lipinski definition) is 2. The zero-order valence-electron chi connectivity index (χ0n) is 10.8. The molecule has 5 heteroatoms. The van der Waals surface area contributed by atoms with Crippen LogP contribution in [-0.4, -0.2) is 32.5 Å². The van der Waals surface area contributed by atoms with Gasteiger partial charge in [0.05, 0.1) is 19.2 Å². The van der Waals surface area contributed by atoms with Crippen LogP contribution in [0.3, 0.4) is 0 Å². The summed E-state index contributed by atoms with van der Waals surface area (Å²) in [5.41, 5.74) is 6.57. The third-order valence-corrected chi connectivity index (χ3v) is 3.26. The average molecular weight is 274 g/mol. The lowest BCUT2D eigenvalue weighted by atomic mass is 9.99. The zero-order chi connectivity index (χ0) is 13.5. The molecule has 18 heavy (non-hydrogen) atoms. The van der Waals surface area contributed by atoms with Crippen LogP contribution in [0.2, 0.25) is 5.02 Å². The largest absolute Gasteiger partial charge is 0.496 e. The lowest BCUT2D eigenvalue weighted by molar-refractivity contribution is 0.223. The molecule has 0 aromatic heterocycles. The van der Waals surface area contributed by atoms with Crippen molar-refractivity contribution in [3.05, 3.63) is 22.7 Å². The normalized spacial score (nSPS) is 12.3. The van der Waals surface area contributed by atoms with E-state index in [1.54, 1.807) is 20.3 Å². The second-order valence-corrected chi connectivity index (χ2v) is 4.53. The summed E-state index contributed by atoms with van der Waals surface area (Å²) in [7, 11) is 3.18. The first-order valence-corrected chi connectivity index (χ1v) is 6.25. The molecule has 0 saturated carbocycles. The zero-order valence-corrected chi connectivity index (χ0v) is 11.5. The van der Waals surface area contributed by atoms with E-state index in [0.29, 0.717) is 17.3 Å². The maximum Gasteiger partial charge on any atom is 0.137 e. The van der Waals surface area contributed by atoms with Gasteiger partial charge in [0, 0.05) is 12.7 Å². The second-order valence-electron chi connectivity index (χ2n) is 4.12. The Labute approximate surface area is 113 Å². The molecule has 0 bridgehead atoms. The standard InChI is InChI=1S/C13H20ClNO3/c1-17-12-6-11(14)13(18-2)5-10(12)4-3-9(7-15)8-16/h5-6,9,16H,3-4,7-8,15H2,1-2H3. The second kappa shape index (κ2) is 7.46. The highest BCUT2D eigenvalue weighted by atomic mass is 35.5. The molecule has 0 aliphatic carbocycles. The summed E-state index contributed by atoms with van der Waals surface area (Å²) in [6.07, 6.45) is 1.56. The molecule has 1 aromatic rings. The lowest BCUT2D eigenvalue weighted by Crippen LogP contribution is -2.18. The Morgan fingerprint density at radius 3 is 2.44 bits per heavy atom. The first kappa shape index (κ1) is 15.1. The summed E-state index contributed by atoms with van der Waals surface area (Å²) < 4.78 is 10.5. The third kappa shape index (κ3) is 3.77. The van der Waals surface area contributed by atoms with Crippen molar-refractivity contribution in [3.63, 3.8) is 0 Å². The molecule has 0 aliphatic rings. The molecule has 1 rings (SSSR count). The molecule has 0 spiro atoms. The fourth-order valence-corrected chi connectivity index (χ4v) is 1.99. The number of aliphatic hydroxyl groups is 1. The van der Waals surface area contributed by atoms with Crippen LogP contribution in [0, 0.1) is 5.92 Å². The SMILES string of the molecule is COc1cc(CCC(CN)CO)c(OC)cc1Cl. The van der Waals surface area contributed by atoms with Crippen molar-refractivity contribution in [1.82, 2.24) is 0 Å². The van der Waals surface area contributed by atoms with Crippen LogP contribution in [0.5, 0.6) is 11.5 Å². The summed E-state index contributed by atoms with van der Waals surface area (Å²) in [5.74, 6) is 1.46. The van der Waals surface area contributed by atoms with E-state index in [1.807, 2.05) is 6.07 Å². The smallest absolute Gasteiger partial charge is 0.137 e. The Balaban J connectivity index is 2.85. The molecular weight excluding hydrogens is 254 g/mol. The van der Waals surface area contributed by atoms with E-state index in [0.717, 1.165) is 24.2 Å². The number of halogens is 1. The van der Waals surface area contributed by atoms with Gasteiger partial charge in [-0.15, -0.1) is 0 Å². The summed E-state index contributed by atoms with van der Waals surface area (Å²) in [4.78, 5) is 0. The number of aliphatic hydroxyl groups excluding tert-OH is 1. The number of ether oxygens (including phenoxy) is 2. The van der Waals surface area contributed by atoms with Crippen LogP contribution in [0.15, 0.2) is 12.1 Å². The Hall–Kier alpha value is -0.970. The third-order valence-electron chi connectivity index (χ3n) is 2.97. The molecule has 4 nitrogen and oxygen atoms in total. The molecule has 0 fully saturated rings. The van der Waals surface area contributed by atoms with Crippen molar-refractivity contribution < 1.29 is 14.6 Å². The highest BCUT2D eigenvalue weighted by Gasteiger charge is 2.12. The van der Waals surface area contributed by atoms with Crippen molar-refractivity contribution in [1.29, 1.82) is 0 Å². The van der Waals surface area contributed by atoms with Crippen molar-refractivity contribution >= 4 is 11.6 Å². The number of nitrogens with two attached hydrogens (primary N) is 1. The van der Waals surface area contributed by atoms with Gasteiger partial charge < -0.3 is 20.3 Å². The molecule has 0 radical (unpaired) electrons. The van der Waals surface area contributed by atoms with E-state index in [9.17, 15) is 0 Å². The summed E-state index contributed by atoms with van der Waals surface area (Å²) in [6.45, 7) is 0.576. The maximum absolute atomic E-state index is 9.12. The van der Waals surface area contributed by atoms with Gasteiger partial charge in [-0.3, -0.25) is 0 Å². The Bertz CT molecular complexity index is 381. The van der Waals surface area contributed by atoms with Crippen molar-refractivity contribution in [3.8, 4) is 11.5 Å². The minimum Gasteiger partial charge on any atom is -0.496 e. The van der Waals surface area contributed by atoms with Crippen LogP contribution in [0.25, 0.3) is 0 Å². The van der Waals surface area contributed by atoms with Gasteiger partial charge in [-0.1, -0.05) is 11.6 Å². The van der Waals surface area contributed by atoms with E-state index in [1.165, 1.54) is 0 Å². The lowest BCUT2D eigenvalue weighted by Gasteiger charge is -2.15. The predicted molar refractivity (Wildman–Crippen MR) is 72.5 cm³/mol. The predicted octanol–water partition coefficient (Wildman–Crippen LogP) is 1.86. The Morgan fingerprint density at radius 1 is 1.28 bits per heavy atom. The van der Waals surface area contributed by atoms with Crippen LogP contribution in [-0.2, 0) is 6.42 Å². The molecule has 1 unspecified atom stereocenters. The van der Waals surface area contributed by atoms with Gasteiger partial charge in [-0.2, -0.15) is 0 Å². The number of hydrogen-bond acceptors (Lipinski definition) is 4. The number of aryl methyl sites for hydroxylation is 1. The summed E-state index contributed by atoms with van der Waals surface area (Å²) >= 11 is 6.03. The van der Waals surface area contributed by atoms with Gasteiger partial charge in [0.25, 0.3) is 0 Å². The fourth-order valence-electron chi connectivity index (χ4n) is 1.76. The summed E-state index contributed by atoms with van der Waals surface area (Å²) in [5, 5.41) is 9.64.